The lowest BCUT2D eigenvalue weighted by Crippen LogP contribution is -2.40. The number of hydrogen-bond donors (Lipinski definition) is 1. The van der Waals surface area contributed by atoms with Gasteiger partial charge in [-0.05, 0) is 51.6 Å². The molecule has 1 heterocycles. The van der Waals surface area contributed by atoms with E-state index in [4.69, 9.17) is 0 Å². The summed E-state index contributed by atoms with van der Waals surface area (Å²) in [6.07, 6.45) is 0. The molecular weight excluding hydrogens is 385 g/mol. The van der Waals surface area contributed by atoms with Gasteiger partial charge in [0.1, 0.15) is 11.4 Å². The Balaban J connectivity index is 1.81. The van der Waals surface area contributed by atoms with Crippen molar-refractivity contribution in [1.82, 2.24) is 5.32 Å². The lowest BCUT2D eigenvalue weighted by Gasteiger charge is -2.31. The summed E-state index contributed by atoms with van der Waals surface area (Å²) in [4.78, 5) is 13.1. The lowest BCUT2D eigenvalue weighted by molar-refractivity contribution is 0.0952. The number of hydrogen-bond acceptors (Lipinski definition) is 1. The molecule has 0 bridgehead atoms. The molecular formula is C28H18FNO. The van der Waals surface area contributed by atoms with Gasteiger partial charge in [-0.25, -0.2) is 4.39 Å². The zero-order valence-electron chi connectivity index (χ0n) is 16.6. The molecule has 0 saturated carbocycles. The molecule has 1 N–H and O–H groups in total. The van der Waals surface area contributed by atoms with Crippen LogP contribution in [0.1, 0.15) is 38.2 Å². The van der Waals surface area contributed by atoms with E-state index in [-0.39, 0.29) is 11.7 Å². The van der Waals surface area contributed by atoms with Crippen molar-refractivity contribution in [2.75, 3.05) is 0 Å². The summed E-state index contributed by atoms with van der Waals surface area (Å²) >= 11 is 0. The van der Waals surface area contributed by atoms with Gasteiger partial charge in [-0.2, -0.15) is 0 Å². The van der Waals surface area contributed by atoms with Crippen molar-refractivity contribution in [2.45, 2.75) is 5.54 Å². The third kappa shape index (κ3) is 2.40. The molecule has 3 heteroatoms. The van der Waals surface area contributed by atoms with Crippen LogP contribution in [0, 0.1) is 5.82 Å². The molecule has 4 aromatic carbocycles. The maximum absolute atomic E-state index is 14.5. The van der Waals surface area contributed by atoms with Crippen molar-refractivity contribution in [1.29, 1.82) is 0 Å². The van der Waals surface area contributed by atoms with Crippen LogP contribution in [0.5, 0.6) is 0 Å². The number of nitrogens with one attached hydrogen (secondary N) is 1. The molecule has 0 radical (unpaired) electrons. The standard InChI is InChI=1S/C28H18FNO/c29-20-15-16-24-22(17-20)25(18-9-3-1-4-10-18)26(19-11-5-2-6-12-19)28(24)23-14-8-7-13-21(23)27(31)30-28/h1-17H,(H,30,31). The summed E-state index contributed by atoms with van der Waals surface area (Å²) < 4.78 is 14.5. The predicted molar refractivity (Wildman–Crippen MR) is 120 cm³/mol. The molecule has 4 aromatic rings. The van der Waals surface area contributed by atoms with E-state index in [1.165, 1.54) is 6.07 Å². The normalized spacial score (nSPS) is 18.8. The van der Waals surface area contributed by atoms with Gasteiger partial charge in [-0.3, -0.25) is 4.79 Å². The van der Waals surface area contributed by atoms with Gasteiger partial charge in [-0.15, -0.1) is 0 Å². The van der Waals surface area contributed by atoms with Crippen LogP contribution < -0.4 is 5.32 Å². The zero-order chi connectivity index (χ0) is 21.0. The van der Waals surface area contributed by atoms with E-state index in [1.54, 1.807) is 6.07 Å². The highest BCUT2D eigenvalue weighted by Crippen LogP contribution is 2.57. The summed E-state index contributed by atoms with van der Waals surface area (Å²) in [5, 5.41) is 3.30. The Morgan fingerprint density at radius 2 is 1.26 bits per heavy atom. The molecule has 0 aromatic heterocycles. The van der Waals surface area contributed by atoms with Crippen molar-refractivity contribution >= 4 is 17.1 Å². The molecule has 148 valence electrons. The fourth-order valence-corrected chi connectivity index (χ4v) is 5.10. The first-order chi connectivity index (χ1) is 15.2. The van der Waals surface area contributed by atoms with Gasteiger partial charge in [-0.1, -0.05) is 84.9 Å². The molecule has 31 heavy (non-hydrogen) atoms. The van der Waals surface area contributed by atoms with Crippen molar-refractivity contribution in [3.63, 3.8) is 0 Å². The average molecular weight is 403 g/mol. The van der Waals surface area contributed by atoms with Gasteiger partial charge in [0.2, 0.25) is 0 Å². The molecule has 0 saturated heterocycles. The number of carbonyl (C=O) groups is 1. The molecule has 1 atom stereocenters. The molecule has 6 rings (SSSR count). The van der Waals surface area contributed by atoms with Crippen LogP contribution in [-0.4, -0.2) is 5.91 Å². The van der Waals surface area contributed by atoms with Gasteiger partial charge >= 0.3 is 0 Å². The van der Waals surface area contributed by atoms with E-state index in [2.05, 4.69) is 17.4 Å². The third-order valence-corrected chi connectivity index (χ3v) is 6.28. The van der Waals surface area contributed by atoms with Gasteiger partial charge in [0.05, 0.1) is 0 Å². The van der Waals surface area contributed by atoms with Crippen LogP contribution in [0.3, 0.4) is 0 Å². The molecule has 2 aliphatic rings. The predicted octanol–water partition coefficient (Wildman–Crippen LogP) is 5.79. The molecule has 1 amide bonds. The minimum absolute atomic E-state index is 0.117. The van der Waals surface area contributed by atoms with Crippen LogP contribution in [-0.2, 0) is 5.54 Å². The topological polar surface area (TPSA) is 29.1 Å². The highest BCUT2D eigenvalue weighted by molar-refractivity contribution is 6.14. The second-order valence-corrected chi connectivity index (χ2v) is 7.92. The Kier molecular flexibility index (Phi) is 3.75. The lowest BCUT2D eigenvalue weighted by atomic mass is 9.77. The summed E-state index contributed by atoms with van der Waals surface area (Å²) in [6.45, 7) is 0. The Morgan fingerprint density at radius 1 is 0.645 bits per heavy atom. The van der Waals surface area contributed by atoms with Crippen LogP contribution in [0.4, 0.5) is 4.39 Å². The Morgan fingerprint density at radius 3 is 2.00 bits per heavy atom. The summed E-state index contributed by atoms with van der Waals surface area (Å²) in [6, 6.07) is 32.6. The van der Waals surface area contributed by atoms with Crippen LogP contribution in [0.15, 0.2) is 103 Å². The average Bonchev–Trinajstić information content (AvgIpc) is 3.27. The SMILES string of the molecule is O=C1NC2(C(c3ccccc3)=C(c3ccccc3)c3cc(F)ccc32)c2ccccc21. The first-order valence-electron chi connectivity index (χ1n) is 10.3. The molecule has 0 fully saturated rings. The highest BCUT2D eigenvalue weighted by Gasteiger charge is 2.53. The maximum atomic E-state index is 14.5. The molecule has 1 unspecified atom stereocenters. The summed E-state index contributed by atoms with van der Waals surface area (Å²) in [5.41, 5.74) is 6.28. The highest BCUT2D eigenvalue weighted by atomic mass is 19.1. The maximum Gasteiger partial charge on any atom is 0.252 e. The van der Waals surface area contributed by atoms with E-state index in [0.717, 1.165) is 39.0 Å². The monoisotopic (exact) mass is 403 g/mol. The van der Waals surface area contributed by atoms with Crippen LogP contribution in [0.25, 0.3) is 11.1 Å². The van der Waals surface area contributed by atoms with E-state index in [9.17, 15) is 9.18 Å². The van der Waals surface area contributed by atoms with Crippen LogP contribution >= 0.6 is 0 Å². The van der Waals surface area contributed by atoms with Gasteiger partial charge in [0.25, 0.3) is 5.91 Å². The van der Waals surface area contributed by atoms with Crippen molar-refractivity contribution in [3.8, 4) is 0 Å². The molecule has 1 aliphatic heterocycles. The van der Waals surface area contributed by atoms with Crippen LogP contribution in [0.2, 0.25) is 0 Å². The minimum atomic E-state index is -0.872. The van der Waals surface area contributed by atoms with Gasteiger partial charge < -0.3 is 5.32 Å². The smallest absolute Gasteiger partial charge is 0.252 e. The van der Waals surface area contributed by atoms with Gasteiger partial charge in [0, 0.05) is 11.1 Å². The number of fused-ring (bicyclic) bond motifs is 4. The third-order valence-electron chi connectivity index (χ3n) is 6.28. The second-order valence-electron chi connectivity index (χ2n) is 7.92. The number of rotatable bonds is 2. The quantitative estimate of drug-likeness (QED) is 0.451. The van der Waals surface area contributed by atoms with E-state index < -0.39 is 5.54 Å². The fraction of sp³-hybridized carbons (Fsp3) is 0.0357. The van der Waals surface area contributed by atoms with Crippen molar-refractivity contribution in [2.24, 2.45) is 0 Å². The Labute approximate surface area is 179 Å². The first-order valence-corrected chi connectivity index (χ1v) is 10.3. The molecule has 1 spiro atoms. The summed E-state index contributed by atoms with van der Waals surface area (Å²) in [5.74, 6) is -0.414. The Hall–Kier alpha value is -3.98. The Bertz CT molecular complexity index is 1370. The van der Waals surface area contributed by atoms with Crippen molar-refractivity contribution in [3.05, 3.63) is 142 Å². The number of carbonyl (C=O) groups excluding carboxylic acids is 1. The fourth-order valence-electron chi connectivity index (χ4n) is 5.10. The molecule has 2 nitrogen and oxygen atoms in total. The number of halogens is 1. The zero-order valence-corrected chi connectivity index (χ0v) is 16.6. The molecule has 1 aliphatic carbocycles. The van der Waals surface area contributed by atoms with E-state index >= 15 is 0 Å². The summed E-state index contributed by atoms with van der Waals surface area (Å²) in [7, 11) is 0. The van der Waals surface area contributed by atoms with E-state index in [1.807, 2.05) is 78.9 Å². The van der Waals surface area contributed by atoms with E-state index in [0.29, 0.717) is 5.56 Å². The van der Waals surface area contributed by atoms with Gasteiger partial charge in [0.15, 0.2) is 0 Å². The van der Waals surface area contributed by atoms with Crippen molar-refractivity contribution < 1.29 is 9.18 Å². The minimum Gasteiger partial charge on any atom is -0.334 e. The number of benzene rings is 4. The largest absolute Gasteiger partial charge is 0.334 e. The number of amides is 1. The second kappa shape index (κ2) is 6.51. The first kappa shape index (κ1) is 17.8.